The minimum Gasteiger partial charge on any atom is -0.326 e. The fourth-order valence-electron chi connectivity index (χ4n) is 2.17. The number of carbonyl (C=O) groups is 1. The van der Waals surface area contributed by atoms with E-state index in [4.69, 9.17) is 5.14 Å². The number of imidazole rings is 1. The number of fused-ring (bicyclic) bond motifs is 1. The van der Waals surface area contributed by atoms with Crippen LogP contribution in [0.15, 0.2) is 59.8 Å². The lowest BCUT2D eigenvalue weighted by Crippen LogP contribution is -2.15. The lowest BCUT2D eigenvalue weighted by molar-refractivity contribution is -0.115. The molecular formula is C15H14N4O3S. The molecule has 2 aromatic heterocycles. The summed E-state index contributed by atoms with van der Waals surface area (Å²) in [6, 6.07) is 11.3. The molecule has 23 heavy (non-hydrogen) atoms. The van der Waals surface area contributed by atoms with Gasteiger partial charge in [0.25, 0.3) is 0 Å². The molecule has 1 amide bonds. The highest BCUT2D eigenvalue weighted by Gasteiger charge is 2.10. The quantitative estimate of drug-likeness (QED) is 0.748. The van der Waals surface area contributed by atoms with Gasteiger partial charge in [0.2, 0.25) is 15.9 Å². The Labute approximate surface area is 132 Å². The van der Waals surface area contributed by atoms with E-state index in [1.165, 1.54) is 24.3 Å². The van der Waals surface area contributed by atoms with Crippen LogP contribution in [-0.2, 0) is 21.2 Å². The molecule has 8 heteroatoms. The van der Waals surface area contributed by atoms with Crippen molar-refractivity contribution in [1.82, 2.24) is 9.38 Å². The van der Waals surface area contributed by atoms with Crippen molar-refractivity contribution in [2.75, 3.05) is 5.32 Å². The van der Waals surface area contributed by atoms with Gasteiger partial charge in [-0.2, -0.15) is 0 Å². The Morgan fingerprint density at radius 2 is 1.91 bits per heavy atom. The third-order valence-electron chi connectivity index (χ3n) is 3.22. The van der Waals surface area contributed by atoms with Crippen LogP contribution in [0.1, 0.15) is 5.69 Å². The van der Waals surface area contributed by atoms with E-state index < -0.39 is 10.0 Å². The Balaban J connectivity index is 1.69. The van der Waals surface area contributed by atoms with Gasteiger partial charge in [0.05, 0.1) is 17.0 Å². The number of sulfonamides is 1. The molecule has 0 aliphatic heterocycles. The van der Waals surface area contributed by atoms with Gasteiger partial charge < -0.3 is 9.72 Å². The van der Waals surface area contributed by atoms with E-state index in [0.29, 0.717) is 11.4 Å². The summed E-state index contributed by atoms with van der Waals surface area (Å²) in [6.07, 6.45) is 3.77. The molecule has 118 valence electrons. The molecule has 1 aromatic carbocycles. The molecule has 0 saturated heterocycles. The van der Waals surface area contributed by atoms with E-state index >= 15 is 0 Å². The monoisotopic (exact) mass is 330 g/mol. The topological polar surface area (TPSA) is 107 Å². The van der Waals surface area contributed by atoms with E-state index in [9.17, 15) is 13.2 Å². The molecule has 0 fully saturated rings. The number of rotatable bonds is 4. The van der Waals surface area contributed by atoms with Crippen LogP contribution >= 0.6 is 0 Å². The number of nitrogens with zero attached hydrogens (tertiary/aromatic N) is 2. The summed E-state index contributed by atoms with van der Waals surface area (Å²) in [5.74, 6) is -0.239. The minimum absolute atomic E-state index is 0.00384. The number of hydrogen-bond donors (Lipinski definition) is 2. The van der Waals surface area contributed by atoms with Crippen molar-refractivity contribution in [3.63, 3.8) is 0 Å². The molecule has 0 spiro atoms. The normalized spacial score (nSPS) is 11.5. The lowest BCUT2D eigenvalue weighted by Gasteiger charge is -2.05. The van der Waals surface area contributed by atoms with Crippen molar-refractivity contribution in [2.45, 2.75) is 11.3 Å². The van der Waals surface area contributed by atoms with E-state index in [-0.39, 0.29) is 17.2 Å². The molecule has 3 N–H and O–H groups in total. The van der Waals surface area contributed by atoms with E-state index in [2.05, 4.69) is 10.3 Å². The van der Waals surface area contributed by atoms with E-state index in [1.807, 2.05) is 28.8 Å². The lowest BCUT2D eigenvalue weighted by atomic mass is 10.3. The van der Waals surface area contributed by atoms with Crippen LogP contribution in [0.4, 0.5) is 5.69 Å². The fourth-order valence-corrected chi connectivity index (χ4v) is 2.69. The van der Waals surface area contributed by atoms with Gasteiger partial charge in [-0.3, -0.25) is 4.79 Å². The molecule has 0 aliphatic carbocycles. The van der Waals surface area contributed by atoms with Crippen molar-refractivity contribution >= 4 is 27.3 Å². The van der Waals surface area contributed by atoms with Gasteiger partial charge in [0.15, 0.2) is 0 Å². The molecule has 7 nitrogen and oxygen atoms in total. The average molecular weight is 330 g/mol. The Morgan fingerprint density at radius 1 is 1.17 bits per heavy atom. The number of benzene rings is 1. The average Bonchev–Trinajstić information content (AvgIpc) is 2.88. The van der Waals surface area contributed by atoms with Crippen molar-refractivity contribution in [1.29, 1.82) is 0 Å². The van der Waals surface area contributed by atoms with Crippen LogP contribution in [0.25, 0.3) is 5.65 Å². The van der Waals surface area contributed by atoms with Gasteiger partial charge >= 0.3 is 0 Å². The number of primary sulfonamides is 1. The zero-order valence-electron chi connectivity index (χ0n) is 12.0. The first-order chi connectivity index (χ1) is 10.9. The second-order valence-electron chi connectivity index (χ2n) is 4.99. The Morgan fingerprint density at radius 3 is 2.57 bits per heavy atom. The summed E-state index contributed by atoms with van der Waals surface area (Å²) in [5, 5.41) is 7.71. The van der Waals surface area contributed by atoms with E-state index in [1.54, 1.807) is 6.20 Å². The van der Waals surface area contributed by atoms with Crippen LogP contribution < -0.4 is 10.5 Å². The number of nitrogens with two attached hydrogens (primary N) is 1. The summed E-state index contributed by atoms with van der Waals surface area (Å²) < 4.78 is 24.2. The van der Waals surface area contributed by atoms with Crippen molar-refractivity contribution in [2.24, 2.45) is 5.14 Å². The molecule has 0 unspecified atom stereocenters. The van der Waals surface area contributed by atoms with Crippen molar-refractivity contribution in [3.8, 4) is 0 Å². The predicted octanol–water partition coefficient (Wildman–Crippen LogP) is 1.16. The molecule has 2 heterocycles. The van der Waals surface area contributed by atoms with Crippen LogP contribution in [0.3, 0.4) is 0 Å². The minimum atomic E-state index is -3.74. The number of anilines is 1. The molecular weight excluding hydrogens is 316 g/mol. The highest BCUT2D eigenvalue weighted by Crippen LogP contribution is 2.13. The summed E-state index contributed by atoms with van der Waals surface area (Å²) >= 11 is 0. The number of amides is 1. The molecule has 0 saturated carbocycles. The molecule has 3 aromatic rings. The number of aromatic nitrogens is 2. The van der Waals surface area contributed by atoms with Crippen molar-refractivity contribution in [3.05, 3.63) is 60.6 Å². The van der Waals surface area contributed by atoms with Gasteiger partial charge in [-0.05, 0) is 36.4 Å². The molecule has 3 rings (SSSR count). The van der Waals surface area contributed by atoms with Crippen molar-refractivity contribution < 1.29 is 13.2 Å². The highest BCUT2D eigenvalue weighted by atomic mass is 32.2. The highest BCUT2D eigenvalue weighted by molar-refractivity contribution is 7.89. The molecule has 0 bridgehead atoms. The second-order valence-corrected chi connectivity index (χ2v) is 6.55. The third kappa shape index (κ3) is 3.55. The van der Waals surface area contributed by atoms with Gasteiger partial charge in [0.1, 0.15) is 5.65 Å². The van der Waals surface area contributed by atoms with Gasteiger partial charge in [0, 0.05) is 18.1 Å². The number of hydrogen-bond acceptors (Lipinski definition) is 4. The Kier molecular flexibility index (Phi) is 3.85. The number of carbonyl (C=O) groups excluding carboxylic acids is 1. The maximum absolute atomic E-state index is 12.0. The first kappa shape index (κ1) is 15.2. The predicted molar refractivity (Wildman–Crippen MR) is 85.3 cm³/mol. The molecule has 0 aliphatic rings. The maximum Gasteiger partial charge on any atom is 0.238 e. The van der Waals surface area contributed by atoms with E-state index in [0.717, 1.165) is 5.65 Å². The van der Waals surface area contributed by atoms with Gasteiger partial charge in [-0.15, -0.1) is 0 Å². The number of pyridine rings is 1. The standard InChI is InChI=1S/C15H14N4O3S/c16-23(21,22)13-6-4-11(5-7-13)18-15(20)9-12-10-19-8-2-1-3-14(19)17-12/h1-8,10H,9H2,(H,18,20)(H2,16,21,22). The first-order valence-electron chi connectivity index (χ1n) is 6.77. The maximum atomic E-state index is 12.0. The SMILES string of the molecule is NS(=O)(=O)c1ccc(NC(=O)Cc2cn3ccccc3n2)cc1. The molecule has 0 radical (unpaired) electrons. The van der Waals surface area contributed by atoms with Crippen LogP contribution in [0, 0.1) is 0 Å². The summed E-state index contributed by atoms with van der Waals surface area (Å²) in [5.41, 5.74) is 1.91. The summed E-state index contributed by atoms with van der Waals surface area (Å²) in [6.45, 7) is 0. The van der Waals surface area contributed by atoms with Gasteiger partial charge in [-0.1, -0.05) is 6.07 Å². The van der Waals surface area contributed by atoms with Crippen LogP contribution in [0.5, 0.6) is 0 Å². The summed E-state index contributed by atoms with van der Waals surface area (Å²) in [4.78, 5) is 16.4. The third-order valence-corrected chi connectivity index (χ3v) is 4.15. The van der Waals surface area contributed by atoms with Gasteiger partial charge in [-0.25, -0.2) is 18.5 Å². The largest absolute Gasteiger partial charge is 0.326 e. The smallest absolute Gasteiger partial charge is 0.238 e. The first-order valence-corrected chi connectivity index (χ1v) is 8.32. The number of nitrogens with one attached hydrogen (secondary N) is 1. The van der Waals surface area contributed by atoms with Crippen LogP contribution in [-0.4, -0.2) is 23.7 Å². The summed E-state index contributed by atoms with van der Waals surface area (Å²) in [7, 11) is -3.74. The zero-order valence-corrected chi connectivity index (χ0v) is 12.8. The fraction of sp³-hybridized carbons (Fsp3) is 0.0667. The Hall–Kier alpha value is -2.71. The molecule has 0 atom stereocenters. The van der Waals surface area contributed by atoms with Crippen LogP contribution in [0.2, 0.25) is 0 Å². The second kappa shape index (κ2) is 5.82. The Bertz CT molecular complexity index is 929. The zero-order chi connectivity index (χ0) is 16.4.